The van der Waals surface area contributed by atoms with Crippen LogP contribution in [0.1, 0.15) is 47.8 Å². The number of carbonyl (C=O) groups is 1. The Hall–Kier alpha value is -0.870. The molecule has 1 aromatic rings. The fraction of sp³-hybridized carbons (Fsp3) is 0.643. The van der Waals surface area contributed by atoms with Crippen LogP contribution in [0.25, 0.3) is 0 Å². The van der Waals surface area contributed by atoms with Gasteiger partial charge in [-0.1, -0.05) is 20.8 Å². The van der Waals surface area contributed by atoms with Crippen LogP contribution in [0.5, 0.6) is 0 Å². The van der Waals surface area contributed by atoms with Gasteiger partial charge in [-0.25, -0.2) is 4.79 Å². The van der Waals surface area contributed by atoms with Gasteiger partial charge in [0, 0.05) is 17.5 Å². The molecule has 0 amide bonds. The van der Waals surface area contributed by atoms with Crippen LogP contribution in [0.3, 0.4) is 0 Å². The van der Waals surface area contributed by atoms with Crippen molar-refractivity contribution in [1.29, 1.82) is 0 Å². The third-order valence-corrected chi connectivity index (χ3v) is 4.65. The van der Waals surface area contributed by atoms with E-state index in [0.29, 0.717) is 10.9 Å². The molecule has 1 atom stereocenters. The molecule has 0 aliphatic carbocycles. The minimum Gasteiger partial charge on any atom is -0.477 e. The Kier molecular flexibility index (Phi) is 4.56. The van der Waals surface area contributed by atoms with Gasteiger partial charge in [-0.15, -0.1) is 11.3 Å². The van der Waals surface area contributed by atoms with Crippen molar-refractivity contribution >= 4 is 17.3 Å². The van der Waals surface area contributed by atoms with Crippen LogP contribution in [0.15, 0.2) is 6.07 Å². The zero-order valence-corrected chi connectivity index (χ0v) is 12.9. The maximum Gasteiger partial charge on any atom is 0.345 e. The second-order valence-electron chi connectivity index (χ2n) is 5.95. The summed E-state index contributed by atoms with van der Waals surface area (Å²) in [5.41, 5.74) is 1.34. The molecular weight excluding hydrogens is 246 g/mol. The maximum atomic E-state index is 10.9. The largest absolute Gasteiger partial charge is 0.477 e. The number of carboxylic acids is 1. The molecule has 0 spiro atoms. The van der Waals surface area contributed by atoms with E-state index in [9.17, 15) is 4.79 Å². The summed E-state index contributed by atoms with van der Waals surface area (Å²) in [5, 5.41) is 8.99. The molecule has 4 heteroatoms. The first-order valence-electron chi connectivity index (χ1n) is 6.15. The van der Waals surface area contributed by atoms with Crippen molar-refractivity contribution < 1.29 is 9.90 Å². The van der Waals surface area contributed by atoms with E-state index in [1.165, 1.54) is 11.3 Å². The smallest absolute Gasteiger partial charge is 0.345 e. The van der Waals surface area contributed by atoms with E-state index in [0.717, 1.165) is 17.0 Å². The highest BCUT2D eigenvalue weighted by atomic mass is 32.1. The highest BCUT2D eigenvalue weighted by Gasteiger charge is 2.24. The fourth-order valence-electron chi connectivity index (χ4n) is 1.85. The summed E-state index contributed by atoms with van der Waals surface area (Å²) in [6.07, 6.45) is 0. The molecule has 1 N–H and O–H groups in total. The molecule has 1 aromatic heterocycles. The highest BCUT2D eigenvalue weighted by molar-refractivity contribution is 7.14. The third-order valence-electron chi connectivity index (χ3n) is 3.57. The molecule has 102 valence electrons. The lowest BCUT2D eigenvalue weighted by molar-refractivity contribution is 0.0702. The first-order chi connectivity index (χ1) is 8.12. The number of hydrogen-bond acceptors (Lipinski definition) is 3. The van der Waals surface area contributed by atoms with Crippen molar-refractivity contribution in [2.75, 3.05) is 7.05 Å². The zero-order chi connectivity index (χ0) is 14.1. The average Bonchev–Trinajstić information content (AvgIpc) is 2.58. The van der Waals surface area contributed by atoms with Crippen molar-refractivity contribution in [3.8, 4) is 0 Å². The van der Waals surface area contributed by atoms with Gasteiger partial charge in [0.15, 0.2) is 0 Å². The van der Waals surface area contributed by atoms with Crippen LogP contribution < -0.4 is 0 Å². The molecule has 0 radical (unpaired) electrons. The predicted molar refractivity (Wildman–Crippen MR) is 76.4 cm³/mol. The molecule has 0 aliphatic heterocycles. The average molecular weight is 269 g/mol. The summed E-state index contributed by atoms with van der Waals surface area (Å²) >= 11 is 1.36. The molecule has 0 saturated carbocycles. The van der Waals surface area contributed by atoms with E-state index in [1.54, 1.807) is 6.07 Å². The van der Waals surface area contributed by atoms with E-state index >= 15 is 0 Å². The third kappa shape index (κ3) is 3.56. The quantitative estimate of drug-likeness (QED) is 0.907. The minimum absolute atomic E-state index is 0.217. The van der Waals surface area contributed by atoms with Crippen molar-refractivity contribution in [2.45, 2.75) is 47.2 Å². The molecular formula is C14H23NO2S. The van der Waals surface area contributed by atoms with E-state index in [4.69, 9.17) is 5.11 Å². The van der Waals surface area contributed by atoms with Crippen LogP contribution in [0.4, 0.5) is 0 Å². The standard InChI is InChI=1S/C14H23NO2S/c1-9-11(7-12(18-9)13(16)17)8-15(6)10(2)14(3,4)5/h7,10H,8H2,1-6H3,(H,16,17). The molecule has 0 saturated heterocycles. The molecule has 3 nitrogen and oxygen atoms in total. The van der Waals surface area contributed by atoms with Gasteiger partial charge < -0.3 is 5.11 Å². The monoisotopic (exact) mass is 269 g/mol. The molecule has 0 aromatic carbocycles. The minimum atomic E-state index is -0.833. The Morgan fingerprint density at radius 1 is 1.50 bits per heavy atom. The summed E-state index contributed by atoms with van der Waals surface area (Å²) in [4.78, 5) is 14.7. The van der Waals surface area contributed by atoms with E-state index in [-0.39, 0.29) is 5.41 Å². The number of aryl methyl sites for hydroxylation is 1. The van der Waals surface area contributed by atoms with Gasteiger partial charge in [0.2, 0.25) is 0 Å². The molecule has 1 rings (SSSR count). The number of carboxylic acid groups (broad SMARTS) is 1. The number of hydrogen-bond donors (Lipinski definition) is 1. The Morgan fingerprint density at radius 3 is 2.44 bits per heavy atom. The summed E-state index contributed by atoms with van der Waals surface area (Å²) in [6, 6.07) is 2.24. The molecule has 0 aliphatic rings. The maximum absolute atomic E-state index is 10.9. The van der Waals surface area contributed by atoms with Gasteiger partial charge in [0.05, 0.1) is 0 Å². The van der Waals surface area contributed by atoms with Gasteiger partial charge in [-0.3, -0.25) is 4.90 Å². The lowest BCUT2D eigenvalue weighted by Crippen LogP contribution is -2.38. The molecule has 1 unspecified atom stereocenters. The van der Waals surface area contributed by atoms with Crippen LogP contribution in [-0.4, -0.2) is 29.1 Å². The van der Waals surface area contributed by atoms with Gasteiger partial charge in [0.25, 0.3) is 0 Å². The number of thiophene rings is 1. The zero-order valence-electron chi connectivity index (χ0n) is 12.1. The Morgan fingerprint density at radius 2 is 2.06 bits per heavy atom. The highest BCUT2D eigenvalue weighted by Crippen LogP contribution is 2.27. The van der Waals surface area contributed by atoms with Gasteiger partial charge >= 0.3 is 5.97 Å². The molecule has 18 heavy (non-hydrogen) atoms. The normalized spacial score (nSPS) is 13.9. The topological polar surface area (TPSA) is 40.5 Å². The SMILES string of the molecule is Cc1sc(C(=O)O)cc1CN(C)C(C)C(C)(C)C. The van der Waals surface area contributed by atoms with Crippen LogP contribution in [-0.2, 0) is 6.54 Å². The number of aromatic carboxylic acids is 1. The lowest BCUT2D eigenvalue weighted by Gasteiger charge is -2.35. The van der Waals surface area contributed by atoms with E-state index in [2.05, 4.69) is 39.6 Å². The van der Waals surface area contributed by atoms with Gasteiger partial charge in [-0.05, 0) is 37.9 Å². The lowest BCUT2D eigenvalue weighted by atomic mass is 9.87. The number of nitrogens with zero attached hydrogens (tertiary/aromatic N) is 1. The van der Waals surface area contributed by atoms with Crippen LogP contribution in [0, 0.1) is 12.3 Å². The van der Waals surface area contributed by atoms with Crippen molar-refractivity contribution in [3.05, 3.63) is 21.4 Å². The fourth-order valence-corrected chi connectivity index (χ4v) is 2.72. The summed E-state index contributed by atoms with van der Waals surface area (Å²) in [5.74, 6) is -0.833. The molecule has 0 bridgehead atoms. The van der Waals surface area contributed by atoms with E-state index < -0.39 is 5.97 Å². The van der Waals surface area contributed by atoms with E-state index in [1.807, 2.05) is 6.92 Å². The summed E-state index contributed by atoms with van der Waals surface area (Å²) in [7, 11) is 2.09. The first kappa shape index (κ1) is 15.2. The Balaban J connectivity index is 2.82. The second kappa shape index (κ2) is 5.41. The van der Waals surface area contributed by atoms with Crippen molar-refractivity contribution in [1.82, 2.24) is 4.90 Å². The molecule has 0 fully saturated rings. The first-order valence-corrected chi connectivity index (χ1v) is 6.97. The van der Waals surface area contributed by atoms with Gasteiger partial charge in [-0.2, -0.15) is 0 Å². The second-order valence-corrected chi connectivity index (χ2v) is 7.21. The van der Waals surface area contributed by atoms with Gasteiger partial charge in [0.1, 0.15) is 4.88 Å². The summed E-state index contributed by atoms with van der Waals surface area (Å²) in [6.45, 7) is 11.7. The van der Waals surface area contributed by atoms with Crippen LogP contribution >= 0.6 is 11.3 Å². The van der Waals surface area contributed by atoms with Crippen molar-refractivity contribution in [2.24, 2.45) is 5.41 Å². The van der Waals surface area contributed by atoms with Crippen LogP contribution in [0.2, 0.25) is 0 Å². The predicted octanol–water partition coefficient (Wildman–Crippen LogP) is 3.62. The Labute approximate surface area is 113 Å². The number of rotatable bonds is 4. The Bertz CT molecular complexity index is 431. The summed E-state index contributed by atoms with van der Waals surface area (Å²) < 4.78 is 0. The van der Waals surface area contributed by atoms with Crippen molar-refractivity contribution in [3.63, 3.8) is 0 Å². The molecule has 1 heterocycles.